The lowest BCUT2D eigenvalue weighted by Crippen LogP contribution is -2.41. The molecule has 0 aliphatic carbocycles. The second-order valence-electron chi connectivity index (χ2n) is 8.63. The van der Waals surface area contributed by atoms with Crippen LogP contribution in [0.2, 0.25) is 0 Å². The molecule has 1 aliphatic rings. The summed E-state index contributed by atoms with van der Waals surface area (Å²) in [5.74, 6) is 0.759. The summed E-state index contributed by atoms with van der Waals surface area (Å²) < 4.78 is 0. The van der Waals surface area contributed by atoms with Gasteiger partial charge in [0.15, 0.2) is 0 Å². The van der Waals surface area contributed by atoms with Gasteiger partial charge in [-0.2, -0.15) is 0 Å². The zero-order valence-electron chi connectivity index (χ0n) is 19.0. The Morgan fingerprint density at radius 3 is 2.45 bits per heavy atom. The van der Waals surface area contributed by atoms with Crippen LogP contribution in [0.25, 0.3) is 0 Å². The summed E-state index contributed by atoms with van der Waals surface area (Å²) in [5, 5.41) is 5.84. The number of likely N-dealkylation sites (tertiary alicyclic amines) is 1. The molecule has 1 unspecified atom stereocenters. The molecule has 1 atom stereocenters. The molecular formula is C25H34N4O2. The van der Waals surface area contributed by atoms with Gasteiger partial charge in [-0.05, 0) is 68.5 Å². The lowest BCUT2D eigenvalue weighted by molar-refractivity contribution is 0.0697. The van der Waals surface area contributed by atoms with Crippen molar-refractivity contribution in [2.45, 2.75) is 39.7 Å². The molecule has 1 saturated heterocycles. The summed E-state index contributed by atoms with van der Waals surface area (Å²) in [4.78, 5) is 29.2. The Labute approximate surface area is 185 Å². The number of anilines is 2. The number of para-hydroxylation sites is 1. The molecule has 0 bridgehead atoms. The number of benzene rings is 2. The highest BCUT2D eigenvalue weighted by Gasteiger charge is 2.22. The molecule has 1 fully saturated rings. The van der Waals surface area contributed by atoms with Gasteiger partial charge in [0.1, 0.15) is 0 Å². The van der Waals surface area contributed by atoms with Crippen LogP contribution in [0.4, 0.5) is 16.2 Å². The van der Waals surface area contributed by atoms with Gasteiger partial charge in [0, 0.05) is 49.7 Å². The van der Waals surface area contributed by atoms with Crippen LogP contribution in [0.3, 0.4) is 0 Å². The number of amides is 3. The van der Waals surface area contributed by atoms with Gasteiger partial charge in [-0.15, -0.1) is 0 Å². The fourth-order valence-corrected chi connectivity index (χ4v) is 3.79. The van der Waals surface area contributed by atoms with E-state index in [1.54, 1.807) is 6.07 Å². The number of piperidine rings is 1. The number of hydrogen-bond donors (Lipinski definition) is 2. The Hall–Kier alpha value is -3.02. The lowest BCUT2D eigenvalue weighted by atomic mass is 9.98. The monoisotopic (exact) mass is 422 g/mol. The van der Waals surface area contributed by atoms with Crippen LogP contribution in [0.5, 0.6) is 0 Å². The Morgan fingerprint density at radius 1 is 1.13 bits per heavy atom. The number of rotatable bonds is 6. The topological polar surface area (TPSA) is 64.7 Å². The summed E-state index contributed by atoms with van der Waals surface area (Å²) in [6.07, 6.45) is 2.12. The fraction of sp³-hybridized carbons (Fsp3) is 0.440. The molecule has 0 radical (unpaired) electrons. The van der Waals surface area contributed by atoms with E-state index >= 15 is 0 Å². The van der Waals surface area contributed by atoms with E-state index in [0.29, 0.717) is 23.7 Å². The summed E-state index contributed by atoms with van der Waals surface area (Å²) in [7, 11) is 2.02. The highest BCUT2D eigenvalue weighted by atomic mass is 16.2. The predicted molar refractivity (Wildman–Crippen MR) is 127 cm³/mol. The summed E-state index contributed by atoms with van der Waals surface area (Å²) in [5.41, 5.74) is 3.37. The van der Waals surface area contributed by atoms with Gasteiger partial charge in [0.2, 0.25) is 0 Å². The summed E-state index contributed by atoms with van der Waals surface area (Å²) in [6, 6.07) is 15.5. The third-order valence-corrected chi connectivity index (χ3v) is 6.18. The van der Waals surface area contributed by atoms with Crippen LogP contribution in [-0.2, 0) is 0 Å². The third kappa shape index (κ3) is 6.00. The Bertz CT molecular complexity index is 892. The minimum atomic E-state index is -0.250. The molecule has 3 amide bonds. The molecule has 2 aromatic rings. The normalized spacial score (nSPS) is 15.3. The standard InChI is InChI=1S/C25H34N4O2/c1-18-12-14-29(15-13-18)24(30)21-10-11-23(19(2)16-21)27-25(31)26-17-20(3)28(4)22-8-6-5-7-9-22/h5-11,16,18,20H,12-15,17H2,1-4H3,(H2,26,27,31). The van der Waals surface area contributed by atoms with Crippen molar-refractivity contribution in [2.24, 2.45) is 5.92 Å². The molecule has 2 N–H and O–H groups in total. The van der Waals surface area contributed by atoms with Gasteiger partial charge in [-0.25, -0.2) is 4.79 Å². The van der Waals surface area contributed by atoms with Gasteiger partial charge >= 0.3 is 6.03 Å². The molecule has 3 rings (SSSR count). The van der Waals surface area contributed by atoms with Crippen molar-refractivity contribution in [1.82, 2.24) is 10.2 Å². The number of carbonyl (C=O) groups excluding carboxylic acids is 2. The van der Waals surface area contributed by atoms with Crippen LogP contribution in [0.15, 0.2) is 48.5 Å². The second-order valence-corrected chi connectivity index (χ2v) is 8.63. The van der Waals surface area contributed by atoms with E-state index in [9.17, 15) is 9.59 Å². The van der Waals surface area contributed by atoms with E-state index in [4.69, 9.17) is 0 Å². The summed E-state index contributed by atoms with van der Waals surface area (Å²) >= 11 is 0. The molecule has 0 spiro atoms. The third-order valence-electron chi connectivity index (χ3n) is 6.18. The first-order valence-electron chi connectivity index (χ1n) is 11.1. The van der Waals surface area contributed by atoms with Crippen LogP contribution >= 0.6 is 0 Å². The zero-order valence-corrected chi connectivity index (χ0v) is 19.0. The van der Waals surface area contributed by atoms with E-state index < -0.39 is 0 Å². The molecule has 166 valence electrons. The minimum absolute atomic E-state index is 0.0729. The quantitative estimate of drug-likeness (QED) is 0.720. The van der Waals surface area contributed by atoms with Gasteiger partial charge in [0.05, 0.1) is 0 Å². The smallest absolute Gasteiger partial charge is 0.319 e. The highest BCUT2D eigenvalue weighted by molar-refractivity contribution is 5.96. The first-order chi connectivity index (χ1) is 14.8. The zero-order chi connectivity index (χ0) is 22.4. The van der Waals surface area contributed by atoms with Gasteiger partial charge in [-0.1, -0.05) is 25.1 Å². The van der Waals surface area contributed by atoms with Gasteiger partial charge in [-0.3, -0.25) is 4.79 Å². The van der Waals surface area contributed by atoms with Crippen molar-refractivity contribution >= 4 is 23.3 Å². The Morgan fingerprint density at radius 2 is 1.81 bits per heavy atom. The summed E-state index contributed by atoms with van der Waals surface area (Å²) in [6.45, 7) is 8.36. The van der Waals surface area contributed by atoms with E-state index in [1.807, 2.05) is 61.3 Å². The first-order valence-corrected chi connectivity index (χ1v) is 11.1. The van der Waals surface area contributed by atoms with E-state index in [-0.39, 0.29) is 18.0 Å². The number of carbonyl (C=O) groups is 2. The Kier molecular flexibility index (Phi) is 7.55. The van der Waals surface area contributed by atoms with Crippen LogP contribution in [0.1, 0.15) is 42.6 Å². The number of nitrogens with one attached hydrogen (secondary N) is 2. The predicted octanol–water partition coefficient (Wildman–Crippen LogP) is 4.51. The largest absolute Gasteiger partial charge is 0.370 e. The van der Waals surface area contributed by atoms with E-state index in [0.717, 1.165) is 37.2 Å². The van der Waals surface area contributed by atoms with Crippen molar-refractivity contribution in [3.8, 4) is 0 Å². The van der Waals surface area contributed by atoms with E-state index in [2.05, 4.69) is 29.4 Å². The molecule has 2 aromatic carbocycles. The van der Waals surface area contributed by atoms with Crippen LogP contribution < -0.4 is 15.5 Å². The number of aryl methyl sites for hydroxylation is 1. The minimum Gasteiger partial charge on any atom is -0.370 e. The SMILES string of the molecule is Cc1cc(C(=O)N2CCC(C)CC2)ccc1NC(=O)NCC(C)N(C)c1ccccc1. The van der Waals surface area contributed by atoms with Crippen molar-refractivity contribution in [3.05, 3.63) is 59.7 Å². The average Bonchev–Trinajstić information content (AvgIpc) is 2.79. The molecule has 6 heteroatoms. The average molecular weight is 423 g/mol. The number of likely N-dealkylation sites (N-methyl/N-ethyl adjacent to an activating group) is 1. The van der Waals surface area contributed by atoms with Crippen LogP contribution in [-0.4, -0.2) is 49.6 Å². The first kappa shape index (κ1) is 22.7. The van der Waals surface area contributed by atoms with Crippen molar-refractivity contribution in [1.29, 1.82) is 0 Å². The van der Waals surface area contributed by atoms with Crippen LogP contribution in [0, 0.1) is 12.8 Å². The maximum atomic E-state index is 12.8. The molecule has 1 aliphatic heterocycles. The number of nitrogens with zero attached hydrogens (tertiary/aromatic N) is 2. The molecule has 31 heavy (non-hydrogen) atoms. The van der Waals surface area contributed by atoms with Gasteiger partial charge < -0.3 is 20.4 Å². The Balaban J connectivity index is 1.52. The second kappa shape index (κ2) is 10.3. The lowest BCUT2D eigenvalue weighted by Gasteiger charge is -2.30. The van der Waals surface area contributed by atoms with Gasteiger partial charge in [0.25, 0.3) is 5.91 Å². The number of urea groups is 1. The van der Waals surface area contributed by atoms with Crippen molar-refractivity contribution in [3.63, 3.8) is 0 Å². The molecular weight excluding hydrogens is 388 g/mol. The maximum Gasteiger partial charge on any atom is 0.319 e. The highest BCUT2D eigenvalue weighted by Crippen LogP contribution is 2.21. The van der Waals surface area contributed by atoms with E-state index in [1.165, 1.54) is 0 Å². The van der Waals surface area contributed by atoms with Crippen molar-refractivity contribution < 1.29 is 9.59 Å². The molecule has 0 saturated carbocycles. The fourth-order valence-electron chi connectivity index (χ4n) is 3.79. The van der Waals surface area contributed by atoms with Crippen molar-refractivity contribution in [2.75, 3.05) is 36.9 Å². The molecule has 1 heterocycles. The molecule has 0 aromatic heterocycles. The maximum absolute atomic E-state index is 12.8. The molecule has 6 nitrogen and oxygen atoms in total. The number of hydrogen-bond acceptors (Lipinski definition) is 3.